The van der Waals surface area contributed by atoms with E-state index in [1.165, 1.54) is 0 Å². The standard InChI is InChI=1S/C18H21NO4/c1-11(2)19-12(3)7-15(13(19)4)16(20)9-21-14-5-6-17-18(8-14)23-10-22-17/h5-8,11H,9-10H2,1-4H3. The number of hydrogen-bond donors (Lipinski definition) is 0. The summed E-state index contributed by atoms with van der Waals surface area (Å²) >= 11 is 0. The van der Waals surface area contributed by atoms with E-state index >= 15 is 0 Å². The molecule has 0 atom stereocenters. The molecule has 5 heteroatoms. The van der Waals surface area contributed by atoms with Crippen molar-refractivity contribution in [2.45, 2.75) is 33.7 Å². The van der Waals surface area contributed by atoms with Crippen LogP contribution in [0.4, 0.5) is 0 Å². The van der Waals surface area contributed by atoms with Crippen molar-refractivity contribution in [1.29, 1.82) is 0 Å². The van der Waals surface area contributed by atoms with Gasteiger partial charge < -0.3 is 18.8 Å². The van der Waals surface area contributed by atoms with Crippen LogP contribution in [0.2, 0.25) is 0 Å². The maximum absolute atomic E-state index is 12.5. The molecule has 5 nitrogen and oxygen atoms in total. The quantitative estimate of drug-likeness (QED) is 0.790. The van der Waals surface area contributed by atoms with Crippen molar-refractivity contribution in [3.8, 4) is 17.2 Å². The zero-order chi connectivity index (χ0) is 16.6. The molecule has 1 aliphatic rings. The lowest BCUT2D eigenvalue weighted by molar-refractivity contribution is 0.0920. The first kappa shape index (κ1) is 15.5. The number of fused-ring (bicyclic) bond motifs is 1. The smallest absolute Gasteiger partial charge is 0.231 e. The molecule has 122 valence electrons. The van der Waals surface area contributed by atoms with Gasteiger partial charge in [-0.25, -0.2) is 0 Å². The third kappa shape index (κ3) is 2.91. The minimum atomic E-state index is -0.0253. The Morgan fingerprint density at radius 3 is 2.65 bits per heavy atom. The predicted octanol–water partition coefficient (Wildman–Crippen LogP) is 3.68. The molecule has 0 bridgehead atoms. The first-order valence-corrected chi connectivity index (χ1v) is 7.71. The predicted molar refractivity (Wildman–Crippen MR) is 86.7 cm³/mol. The summed E-state index contributed by atoms with van der Waals surface area (Å²) in [4.78, 5) is 12.5. The highest BCUT2D eigenvalue weighted by Gasteiger charge is 2.18. The fraction of sp³-hybridized carbons (Fsp3) is 0.389. The number of Topliss-reactive ketones (excluding diaryl/α,β-unsaturated/α-hetero) is 1. The molecule has 0 unspecified atom stereocenters. The van der Waals surface area contributed by atoms with Crippen LogP contribution in [-0.2, 0) is 0 Å². The van der Waals surface area contributed by atoms with E-state index < -0.39 is 0 Å². The number of ether oxygens (including phenoxy) is 3. The molecule has 0 N–H and O–H groups in total. The molecule has 1 aromatic carbocycles. The number of carbonyl (C=O) groups is 1. The lowest BCUT2D eigenvalue weighted by Crippen LogP contribution is -2.13. The van der Waals surface area contributed by atoms with E-state index in [4.69, 9.17) is 14.2 Å². The van der Waals surface area contributed by atoms with Gasteiger partial charge in [0.1, 0.15) is 5.75 Å². The monoisotopic (exact) mass is 315 g/mol. The number of benzene rings is 1. The maximum atomic E-state index is 12.5. The average molecular weight is 315 g/mol. The Bertz CT molecular complexity index is 746. The first-order valence-electron chi connectivity index (χ1n) is 7.71. The maximum Gasteiger partial charge on any atom is 0.231 e. The molecule has 0 aliphatic carbocycles. The number of aromatic nitrogens is 1. The summed E-state index contributed by atoms with van der Waals surface area (Å²) in [5.41, 5.74) is 2.79. The van der Waals surface area contributed by atoms with Crippen LogP contribution in [0, 0.1) is 13.8 Å². The van der Waals surface area contributed by atoms with Gasteiger partial charge >= 0.3 is 0 Å². The number of nitrogens with zero attached hydrogens (tertiary/aromatic N) is 1. The van der Waals surface area contributed by atoms with Crippen molar-refractivity contribution in [3.63, 3.8) is 0 Å². The van der Waals surface area contributed by atoms with Crippen molar-refractivity contribution < 1.29 is 19.0 Å². The molecule has 0 fully saturated rings. The van der Waals surface area contributed by atoms with Crippen molar-refractivity contribution in [3.05, 3.63) is 41.2 Å². The molecule has 1 aliphatic heterocycles. The second kappa shape index (κ2) is 5.99. The SMILES string of the molecule is Cc1cc(C(=O)COc2ccc3c(c2)OCO3)c(C)n1C(C)C. The van der Waals surface area contributed by atoms with Crippen LogP contribution in [0.1, 0.15) is 41.6 Å². The number of ketones is 1. The third-order valence-corrected chi connectivity index (χ3v) is 4.02. The molecule has 2 heterocycles. The summed E-state index contributed by atoms with van der Waals surface area (Å²) in [6.45, 7) is 8.43. The summed E-state index contributed by atoms with van der Waals surface area (Å²) in [6.07, 6.45) is 0. The van der Waals surface area contributed by atoms with Gasteiger partial charge in [-0.15, -0.1) is 0 Å². The van der Waals surface area contributed by atoms with Gasteiger partial charge in [0, 0.05) is 29.1 Å². The summed E-state index contributed by atoms with van der Waals surface area (Å²) < 4.78 is 18.3. The second-order valence-corrected chi connectivity index (χ2v) is 5.98. The largest absolute Gasteiger partial charge is 0.485 e. The van der Waals surface area contributed by atoms with Gasteiger partial charge in [-0.3, -0.25) is 4.79 Å². The summed E-state index contributed by atoms with van der Waals surface area (Å²) in [5, 5.41) is 0. The zero-order valence-electron chi connectivity index (χ0n) is 13.9. The van der Waals surface area contributed by atoms with E-state index in [2.05, 4.69) is 18.4 Å². The van der Waals surface area contributed by atoms with E-state index in [-0.39, 0.29) is 19.2 Å². The molecule has 1 aromatic heterocycles. The lowest BCUT2D eigenvalue weighted by atomic mass is 10.1. The van der Waals surface area contributed by atoms with E-state index in [0.717, 1.165) is 17.0 Å². The molecule has 0 spiro atoms. The van der Waals surface area contributed by atoms with E-state index in [1.54, 1.807) is 18.2 Å². The molecule has 0 amide bonds. The van der Waals surface area contributed by atoms with Crippen LogP contribution in [-0.4, -0.2) is 23.8 Å². The van der Waals surface area contributed by atoms with Crippen LogP contribution >= 0.6 is 0 Å². The Labute approximate surface area is 135 Å². The van der Waals surface area contributed by atoms with Crippen molar-refractivity contribution in [1.82, 2.24) is 4.57 Å². The average Bonchev–Trinajstić information content (AvgIpc) is 3.08. The highest BCUT2D eigenvalue weighted by atomic mass is 16.7. The van der Waals surface area contributed by atoms with Crippen LogP contribution in [0.5, 0.6) is 17.2 Å². The number of hydrogen-bond acceptors (Lipinski definition) is 4. The number of carbonyl (C=O) groups excluding carboxylic acids is 1. The summed E-state index contributed by atoms with van der Waals surface area (Å²) in [7, 11) is 0. The zero-order valence-corrected chi connectivity index (χ0v) is 13.9. The molecular weight excluding hydrogens is 294 g/mol. The minimum Gasteiger partial charge on any atom is -0.485 e. The van der Waals surface area contributed by atoms with Gasteiger partial charge in [-0.05, 0) is 45.9 Å². The Kier molecular flexibility index (Phi) is 4.03. The van der Waals surface area contributed by atoms with Gasteiger partial charge in [-0.1, -0.05) is 0 Å². The Morgan fingerprint density at radius 2 is 1.96 bits per heavy atom. The van der Waals surface area contributed by atoms with Crippen LogP contribution < -0.4 is 14.2 Å². The lowest BCUT2D eigenvalue weighted by Gasteiger charge is -2.13. The van der Waals surface area contributed by atoms with E-state index in [0.29, 0.717) is 23.3 Å². The molecule has 0 saturated carbocycles. The van der Waals surface area contributed by atoms with Gasteiger partial charge in [0.05, 0.1) is 0 Å². The van der Waals surface area contributed by atoms with Crippen molar-refractivity contribution in [2.75, 3.05) is 13.4 Å². The molecular formula is C18H21NO4. The molecule has 23 heavy (non-hydrogen) atoms. The Morgan fingerprint density at radius 1 is 1.22 bits per heavy atom. The Balaban J connectivity index is 1.71. The van der Waals surface area contributed by atoms with E-state index in [9.17, 15) is 4.79 Å². The van der Waals surface area contributed by atoms with Gasteiger partial charge in [0.25, 0.3) is 0 Å². The summed E-state index contributed by atoms with van der Waals surface area (Å²) in [5.74, 6) is 1.92. The van der Waals surface area contributed by atoms with Crippen LogP contribution in [0.15, 0.2) is 24.3 Å². The van der Waals surface area contributed by atoms with Crippen LogP contribution in [0.25, 0.3) is 0 Å². The normalized spacial score (nSPS) is 12.7. The first-order chi connectivity index (χ1) is 11.0. The van der Waals surface area contributed by atoms with Crippen molar-refractivity contribution >= 4 is 5.78 Å². The van der Waals surface area contributed by atoms with Gasteiger partial charge in [0.2, 0.25) is 12.6 Å². The van der Waals surface area contributed by atoms with Gasteiger partial charge in [-0.2, -0.15) is 0 Å². The Hall–Kier alpha value is -2.43. The molecule has 0 saturated heterocycles. The second-order valence-electron chi connectivity index (χ2n) is 5.98. The summed E-state index contributed by atoms with van der Waals surface area (Å²) in [6, 6.07) is 7.56. The molecule has 0 radical (unpaired) electrons. The van der Waals surface area contributed by atoms with E-state index in [1.807, 2.05) is 19.9 Å². The van der Waals surface area contributed by atoms with Crippen LogP contribution in [0.3, 0.4) is 0 Å². The fourth-order valence-electron chi connectivity index (χ4n) is 3.05. The minimum absolute atomic E-state index is 0.00202. The van der Waals surface area contributed by atoms with Gasteiger partial charge in [0.15, 0.2) is 18.1 Å². The number of rotatable bonds is 5. The molecule has 2 aromatic rings. The van der Waals surface area contributed by atoms with Crippen molar-refractivity contribution in [2.24, 2.45) is 0 Å². The highest BCUT2D eigenvalue weighted by molar-refractivity contribution is 5.98. The number of aryl methyl sites for hydroxylation is 1. The highest BCUT2D eigenvalue weighted by Crippen LogP contribution is 2.35. The topological polar surface area (TPSA) is 49.7 Å². The third-order valence-electron chi connectivity index (χ3n) is 4.02. The molecule has 3 rings (SSSR count). The fourth-order valence-corrected chi connectivity index (χ4v) is 3.05.